The van der Waals surface area contributed by atoms with Gasteiger partial charge in [-0.05, 0) is 115 Å². The average Bonchev–Trinajstić information content (AvgIpc) is 3.00. The molecule has 0 aliphatic rings. The fourth-order valence-corrected chi connectivity index (χ4v) is 5.72. The third-order valence-electron chi connectivity index (χ3n) is 7.62. The fraction of sp³-hybridized carbons (Fsp3) is 0.0811. The molecule has 0 aliphatic carbocycles. The van der Waals surface area contributed by atoms with Crippen molar-refractivity contribution in [3.05, 3.63) is 132 Å². The average molecular weight is 529 g/mol. The van der Waals surface area contributed by atoms with E-state index in [1.165, 1.54) is 11.1 Å². The quantitative estimate of drug-likeness (QED) is 0.214. The Morgan fingerprint density at radius 1 is 0.488 bits per heavy atom. The first-order valence-electron chi connectivity index (χ1n) is 13.8. The molecule has 4 heterocycles. The van der Waals surface area contributed by atoms with Crippen LogP contribution in [0.2, 0.25) is 0 Å². The van der Waals surface area contributed by atoms with Crippen molar-refractivity contribution < 1.29 is 0 Å². The Bertz CT molecular complexity index is 2060. The third kappa shape index (κ3) is 4.64. The van der Waals surface area contributed by atoms with Crippen molar-refractivity contribution in [3.8, 4) is 44.8 Å². The number of pyridine rings is 4. The second-order valence-corrected chi connectivity index (χ2v) is 10.6. The summed E-state index contributed by atoms with van der Waals surface area (Å²) in [6.07, 6.45) is 5.55. The van der Waals surface area contributed by atoms with E-state index in [0.717, 1.165) is 72.3 Å². The topological polar surface area (TPSA) is 51.6 Å². The molecule has 0 bridgehead atoms. The van der Waals surface area contributed by atoms with E-state index in [0.29, 0.717) is 0 Å². The highest BCUT2D eigenvalue weighted by molar-refractivity contribution is 6.11. The number of aryl methyl sites for hydroxylation is 3. The van der Waals surface area contributed by atoms with Crippen LogP contribution in [0, 0.1) is 20.8 Å². The van der Waals surface area contributed by atoms with Gasteiger partial charge in [0.2, 0.25) is 0 Å². The van der Waals surface area contributed by atoms with Crippen LogP contribution < -0.4 is 0 Å². The predicted octanol–water partition coefficient (Wildman–Crippen LogP) is 9.17. The molecule has 41 heavy (non-hydrogen) atoms. The molecule has 4 nitrogen and oxygen atoms in total. The van der Waals surface area contributed by atoms with Crippen LogP contribution >= 0.6 is 0 Å². The Morgan fingerprint density at radius 3 is 2.05 bits per heavy atom. The van der Waals surface area contributed by atoms with Gasteiger partial charge in [0.05, 0.1) is 22.4 Å². The van der Waals surface area contributed by atoms with Crippen LogP contribution in [-0.4, -0.2) is 19.9 Å². The van der Waals surface area contributed by atoms with Crippen LogP contribution in [0.4, 0.5) is 0 Å². The summed E-state index contributed by atoms with van der Waals surface area (Å²) >= 11 is 0. The summed E-state index contributed by atoms with van der Waals surface area (Å²) in [5.41, 5.74) is 13.8. The molecule has 0 spiro atoms. The maximum absolute atomic E-state index is 4.94. The molecule has 0 N–H and O–H groups in total. The van der Waals surface area contributed by atoms with Gasteiger partial charge in [0.25, 0.3) is 0 Å². The molecule has 0 aliphatic heterocycles. The van der Waals surface area contributed by atoms with E-state index in [1.54, 1.807) is 0 Å². The van der Waals surface area contributed by atoms with Gasteiger partial charge < -0.3 is 0 Å². The normalized spacial score (nSPS) is 11.3. The first kappa shape index (κ1) is 24.8. The van der Waals surface area contributed by atoms with Gasteiger partial charge in [-0.2, -0.15) is 0 Å². The third-order valence-corrected chi connectivity index (χ3v) is 7.62. The SMILES string of the molecule is Cc1cc(C)nc(-c2cc(-c3cc(-c4ccccn4)ccc3C)cc(-c3cc4ncccc4c4cccnc34)c2)c1. The number of hydrogen-bond acceptors (Lipinski definition) is 4. The molecule has 7 rings (SSSR count). The Balaban J connectivity index is 1.52. The lowest BCUT2D eigenvalue weighted by Crippen LogP contribution is -1.94. The van der Waals surface area contributed by atoms with E-state index in [4.69, 9.17) is 15.0 Å². The van der Waals surface area contributed by atoms with Gasteiger partial charge in [-0.25, -0.2) is 0 Å². The first-order valence-corrected chi connectivity index (χ1v) is 13.8. The molecule has 196 valence electrons. The number of benzene rings is 3. The summed E-state index contributed by atoms with van der Waals surface area (Å²) in [7, 11) is 0. The van der Waals surface area contributed by atoms with Crippen molar-refractivity contribution in [1.82, 2.24) is 19.9 Å². The zero-order valence-electron chi connectivity index (χ0n) is 23.3. The van der Waals surface area contributed by atoms with Gasteiger partial charge in [-0.15, -0.1) is 0 Å². The van der Waals surface area contributed by atoms with Crippen LogP contribution in [0.15, 0.2) is 116 Å². The number of rotatable bonds is 4. The van der Waals surface area contributed by atoms with E-state index in [9.17, 15) is 0 Å². The van der Waals surface area contributed by atoms with Gasteiger partial charge in [0.15, 0.2) is 0 Å². The lowest BCUT2D eigenvalue weighted by atomic mass is 9.90. The minimum atomic E-state index is 0.952. The fourth-order valence-electron chi connectivity index (χ4n) is 5.72. The number of nitrogens with zero attached hydrogens (tertiary/aromatic N) is 4. The lowest BCUT2D eigenvalue weighted by Gasteiger charge is -2.16. The zero-order valence-corrected chi connectivity index (χ0v) is 23.3. The second-order valence-electron chi connectivity index (χ2n) is 10.6. The number of aromatic nitrogens is 4. The van der Waals surface area contributed by atoms with Crippen molar-refractivity contribution in [1.29, 1.82) is 0 Å². The molecule has 0 saturated carbocycles. The van der Waals surface area contributed by atoms with Gasteiger partial charge in [0, 0.05) is 51.7 Å². The summed E-state index contributed by atoms with van der Waals surface area (Å²) in [5.74, 6) is 0. The van der Waals surface area contributed by atoms with Crippen molar-refractivity contribution in [2.24, 2.45) is 0 Å². The molecule has 7 aromatic rings. The van der Waals surface area contributed by atoms with E-state index >= 15 is 0 Å². The zero-order chi connectivity index (χ0) is 27.9. The highest BCUT2D eigenvalue weighted by Crippen LogP contribution is 2.39. The maximum atomic E-state index is 4.94. The Labute approximate surface area is 239 Å². The van der Waals surface area contributed by atoms with Crippen molar-refractivity contribution in [2.75, 3.05) is 0 Å². The molecule has 0 radical (unpaired) electrons. The molecule has 0 atom stereocenters. The first-order chi connectivity index (χ1) is 20.0. The summed E-state index contributed by atoms with van der Waals surface area (Å²) < 4.78 is 0. The van der Waals surface area contributed by atoms with Crippen LogP contribution in [0.1, 0.15) is 16.8 Å². The number of hydrogen-bond donors (Lipinski definition) is 0. The van der Waals surface area contributed by atoms with E-state index in [1.807, 2.05) is 49.8 Å². The standard InChI is InChI=1S/C37H28N4/c1-23-16-25(3)41-35(17-23)29-19-27(32-21-26(12-11-24(32)2)34-10-4-5-13-38-34)18-28(20-29)33-22-36-30(8-6-14-39-36)31-9-7-15-40-37(31)33/h4-22H,1-3H3. The minimum Gasteiger partial charge on any atom is -0.256 e. The highest BCUT2D eigenvalue weighted by Gasteiger charge is 2.15. The molecule has 0 saturated heterocycles. The van der Waals surface area contributed by atoms with Crippen LogP contribution in [0.5, 0.6) is 0 Å². The van der Waals surface area contributed by atoms with Gasteiger partial charge >= 0.3 is 0 Å². The van der Waals surface area contributed by atoms with Gasteiger partial charge in [-0.1, -0.05) is 30.3 Å². The molecular weight excluding hydrogens is 500 g/mol. The summed E-state index contributed by atoms with van der Waals surface area (Å²) in [6.45, 7) is 6.33. The minimum absolute atomic E-state index is 0.952. The smallest absolute Gasteiger partial charge is 0.0787 e. The predicted molar refractivity (Wildman–Crippen MR) is 169 cm³/mol. The van der Waals surface area contributed by atoms with E-state index < -0.39 is 0 Å². The molecule has 0 amide bonds. The second kappa shape index (κ2) is 10.1. The Hall–Kier alpha value is -5.22. The van der Waals surface area contributed by atoms with Gasteiger partial charge in [0.1, 0.15) is 0 Å². The van der Waals surface area contributed by atoms with E-state index in [2.05, 4.69) is 91.6 Å². The van der Waals surface area contributed by atoms with Crippen LogP contribution in [0.3, 0.4) is 0 Å². The molecular formula is C37H28N4. The van der Waals surface area contributed by atoms with Crippen LogP contribution in [0.25, 0.3) is 66.6 Å². The molecule has 0 unspecified atom stereocenters. The largest absolute Gasteiger partial charge is 0.256 e. The molecule has 0 fully saturated rings. The molecule has 3 aromatic carbocycles. The maximum Gasteiger partial charge on any atom is 0.0787 e. The van der Waals surface area contributed by atoms with Crippen molar-refractivity contribution in [3.63, 3.8) is 0 Å². The summed E-state index contributed by atoms with van der Waals surface area (Å²) in [5, 5.41) is 2.20. The molecule has 4 aromatic heterocycles. The van der Waals surface area contributed by atoms with E-state index in [-0.39, 0.29) is 0 Å². The lowest BCUT2D eigenvalue weighted by molar-refractivity contribution is 1.18. The van der Waals surface area contributed by atoms with Crippen LogP contribution in [-0.2, 0) is 0 Å². The summed E-state index contributed by atoms with van der Waals surface area (Å²) in [6, 6.07) is 34.0. The summed E-state index contributed by atoms with van der Waals surface area (Å²) in [4.78, 5) is 19.1. The monoisotopic (exact) mass is 528 g/mol. The Morgan fingerprint density at radius 2 is 1.24 bits per heavy atom. The number of fused-ring (bicyclic) bond motifs is 3. The van der Waals surface area contributed by atoms with Crippen molar-refractivity contribution >= 4 is 21.8 Å². The van der Waals surface area contributed by atoms with Crippen molar-refractivity contribution in [2.45, 2.75) is 20.8 Å². The molecule has 4 heteroatoms. The van der Waals surface area contributed by atoms with Gasteiger partial charge in [-0.3, -0.25) is 19.9 Å². The highest BCUT2D eigenvalue weighted by atomic mass is 14.7. The Kier molecular flexibility index (Phi) is 6.09.